The van der Waals surface area contributed by atoms with Gasteiger partial charge in [-0.25, -0.2) is 9.97 Å². The molecule has 0 saturated carbocycles. The van der Waals surface area contributed by atoms with Crippen molar-refractivity contribution in [3.05, 3.63) is 65.8 Å². The number of β-amino-alcohol motifs (C(OH)–C–C–N with tert-alkyl or cyclic N) is 1. The molecule has 1 aromatic carbocycles. The number of nitrogens with one attached hydrogen (secondary N) is 1. The summed E-state index contributed by atoms with van der Waals surface area (Å²) in [6.07, 6.45) is 2.12. The van der Waals surface area contributed by atoms with E-state index < -0.39 is 6.10 Å². The summed E-state index contributed by atoms with van der Waals surface area (Å²) in [6, 6.07) is 10.4. The van der Waals surface area contributed by atoms with Crippen LogP contribution in [0.3, 0.4) is 0 Å². The predicted molar refractivity (Wildman–Crippen MR) is 95.2 cm³/mol. The van der Waals surface area contributed by atoms with Gasteiger partial charge in [0.15, 0.2) is 0 Å². The van der Waals surface area contributed by atoms with Gasteiger partial charge in [-0.15, -0.1) is 0 Å². The third-order valence-corrected chi connectivity index (χ3v) is 4.34. The average Bonchev–Trinajstić information content (AvgIpc) is 2.59. The summed E-state index contributed by atoms with van der Waals surface area (Å²) in [7, 11) is 0. The van der Waals surface area contributed by atoms with E-state index in [9.17, 15) is 5.11 Å². The quantitative estimate of drug-likeness (QED) is 0.848. The highest BCUT2D eigenvalue weighted by Crippen LogP contribution is 2.18. The Balaban J connectivity index is 1.48. The lowest BCUT2D eigenvalue weighted by Crippen LogP contribution is -2.40. The predicted octanol–water partition coefficient (Wildman–Crippen LogP) is 1.76. The van der Waals surface area contributed by atoms with E-state index in [-0.39, 0.29) is 0 Å². The van der Waals surface area contributed by atoms with Gasteiger partial charge < -0.3 is 10.4 Å². The molecule has 3 rings (SSSR count). The second-order valence-electron chi connectivity index (χ2n) is 6.31. The van der Waals surface area contributed by atoms with Crippen molar-refractivity contribution in [2.75, 3.05) is 19.6 Å². The first-order chi connectivity index (χ1) is 11.6. The van der Waals surface area contributed by atoms with Gasteiger partial charge in [-0.05, 0) is 30.5 Å². The Morgan fingerprint density at radius 1 is 1.33 bits per heavy atom. The van der Waals surface area contributed by atoms with Crippen LogP contribution in [-0.4, -0.2) is 45.7 Å². The molecule has 1 aliphatic rings. The van der Waals surface area contributed by atoms with Crippen LogP contribution in [-0.2, 0) is 13.0 Å². The van der Waals surface area contributed by atoms with Crippen LogP contribution in [0.15, 0.2) is 43.2 Å². The zero-order chi connectivity index (χ0) is 16.9. The molecular weight excluding hydrogens is 300 g/mol. The number of aliphatic hydroxyl groups excluding tert-OH is 1. The molecule has 0 saturated heterocycles. The van der Waals surface area contributed by atoms with Crippen molar-refractivity contribution in [3.8, 4) is 0 Å². The fourth-order valence-corrected chi connectivity index (χ4v) is 3.02. The molecule has 5 heteroatoms. The second kappa shape index (κ2) is 7.55. The second-order valence-corrected chi connectivity index (χ2v) is 6.31. The highest BCUT2D eigenvalue weighted by atomic mass is 16.3. The van der Waals surface area contributed by atoms with E-state index in [0.717, 1.165) is 30.9 Å². The number of benzene rings is 1. The molecule has 2 heterocycles. The van der Waals surface area contributed by atoms with E-state index in [1.165, 1.54) is 17.5 Å². The molecule has 0 amide bonds. The van der Waals surface area contributed by atoms with Crippen LogP contribution in [0.1, 0.15) is 22.5 Å². The molecule has 126 valence electrons. The van der Waals surface area contributed by atoms with Crippen LogP contribution in [0.4, 0.5) is 0 Å². The van der Waals surface area contributed by atoms with E-state index in [0.29, 0.717) is 18.8 Å². The average molecular weight is 324 g/mol. The van der Waals surface area contributed by atoms with Gasteiger partial charge in [-0.3, -0.25) is 4.90 Å². The summed E-state index contributed by atoms with van der Waals surface area (Å²) in [5.74, 6) is 0. The zero-order valence-electron chi connectivity index (χ0n) is 14.1. The fourth-order valence-electron chi connectivity index (χ4n) is 3.02. The highest BCUT2D eigenvalue weighted by molar-refractivity contribution is 5.57. The molecule has 0 radical (unpaired) electrons. The third-order valence-electron chi connectivity index (χ3n) is 4.34. The minimum absolute atomic E-state index is 0.449. The standard InChI is InChI=1S/C19H24N4O/c1-14-9-19(22-13-21-14)15(2)20-10-18(24)12-23-8-7-16-5-3-4-6-17(16)11-23/h3-6,9,13,18,20,24H,2,7-8,10-12H2,1H3/t18-/m0/s1. The van der Waals surface area contributed by atoms with Crippen LogP contribution >= 0.6 is 0 Å². The maximum absolute atomic E-state index is 10.3. The van der Waals surface area contributed by atoms with Crippen LogP contribution in [0.5, 0.6) is 0 Å². The Bertz CT molecular complexity index is 716. The normalized spacial score (nSPS) is 15.6. The van der Waals surface area contributed by atoms with Gasteiger partial charge in [-0.2, -0.15) is 0 Å². The summed E-state index contributed by atoms with van der Waals surface area (Å²) in [6.45, 7) is 8.90. The molecule has 0 fully saturated rings. The lowest BCUT2D eigenvalue weighted by atomic mass is 10.00. The van der Waals surface area contributed by atoms with Crippen molar-refractivity contribution in [2.24, 2.45) is 0 Å². The van der Waals surface area contributed by atoms with Gasteiger partial charge >= 0.3 is 0 Å². The molecule has 0 unspecified atom stereocenters. The van der Waals surface area contributed by atoms with Gasteiger partial charge in [-0.1, -0.05) is 30.8 Å². The maximum Gasteiger partial charge on any atom is 0.116 e. The van der Waals surface area contributed by atoms with Gasteiger partial charge in [0.1, 0.15) is 6.33 Å². The summed E-state index contributed by atoms with van der Waals surface area (Å²) in [5.41, 5.74) is 5.17. The lowest BCUT2D eigenvalue weighted by Gasteiger charge is -2.30. The van der Waals surface area contributed by atoms with Crippen molar-refractivity contribution in [1.82, 2.24) is 20.2 Å². The minimum Gasteiger partial charge on any atom is -0.390 e. The molecule has 1 atom stereocenters. The molecule has 2 aromatic rings. The molecule has 1 aliphatic heterocycles. The molecule has 0 bridgehead atoms. The molecule has 5 nitrogen and oxygen atoms in total. The maximum atomic E-state index is 10.3. The Kier molecular flexibility index (Phi) is 5.23. The molecule has 0 spiro atoms. The minimum atomic E-state index is -0.449. The molecule has 1 aromatic heterocycles. The van der Waals surface area contributed by atoms with Gasteiger partial charge in [0.05, 0.1) is 17.5 Å². The third kappa shape index (κ3) is 4.19. The number of aryl methyl sites for hydroxylation is 1. The summed E-state index contributed by atoms with van der Waals surface area (Å²) in [5, 5.41) is 13.5. The molecular formula is C19H24N4O. The number of aliphatic hydroxyl groups is 1. The van der Waals surface area contributed by atoms with Crippen molar-refractivity contribution < 1.29 is 5.11 Å². The van der Waals surface area contributed by atoms with Gasteiger partial charge in [0.2, 0.25) is 0 Å². The first-order valence-electron chi connectivity index (χ1n) is 8.31. The summed E-state index contributed by atoms with van der Waals surface area (Å²) in [4.78, 5) is 10.6. The molecule has 2 N–H and O–H groups in total. The zero-order valence-corrected chi connectivity index (χ0v) is 14.1. The van der Waals surface area contributed by atoms with Crippen LogP contribution in [0.2, 0.25) is 0 Å². The van der Waals surface area contributed by atoms with E-state index >= 15 is 0 Å². The summed E-state index contributed by atoms with van der Waals surface area (Å²) < 4.78 is 0. The first kappa shape index (κ1) is 16.6. The van der Waals surface area contributed by atoms with Crippen LogP contribution in [0, 0.1) is 6.92 Å². The highest BCUT2D eigenvalue weighted by Gasteiger charge is 2.18. The summed E-state index contributed by atoms with van der Waals surface area (Å²) >= 11 is 0. The Hall–Kier alpha value is -2.24. The SMILES string of the molecule is C=C(NC[C@H](O)CN1CCc2ccccc2C1)c1cc(C)ncn1. The molecule has 0 aliphatic carbocycles. The number of hydrogen-bond donors (Lipinski definition) is 2. The van der Waals surface area contributed by atoms with Gasteiger partial charge in [0.25, 0.3) is 0 Å². The van der Waals surface area contributed by atoms with Crippen molar-refractivity contribution in [3.63, 3.8) is 0 Å². The first-order valence-corrected chi connectivity index (χ1v) is 8.31. The Morgan fingerprint density at radius 2 is 2.12 bits per heavy atom. The Morgan fingerprint density at radius 3 is 2.92 bits per heavy atom. The lowest BCUT2D eigenvalue weighted by molar-refractivity contribution is 0.107. The Labute approximate surface area is 143 Å². The van der Waals surface area contributed by atoms with E-state index in [2.05, 4.69) is 51.0 Å². The van der Waals surface area contributed by atoms with Crippen molar-refractivity contribution in [2.45, 2.75) is 26.0 Å². The number of aromatic nitrogens is 2. The number of rotatable bonds is 6. The monoisotopic (exact) mass is 324 g/mol. The number of hydrogen-bond acceptors (Lipinski definition) is 5. The smallest absolute Gasteiger partial charge is 0.116 e. The molecule has 24 heavy (non-hydrogen) atoms. The number of nitrogens with zero attached hydrogens (tertiary/aromatic N) is 3. The van der Waals surface area contributed by atoms with E-state index in [1.54, 1.807) is 0 Å². The van der Waals surface area contributed by atoms with E-state index in [4.69, 9.17) is 0 Å². The van der Waals surface area contributed by atoms with Gasteiger partial charge in [0, 0.05) is 31.9 Å². The van der Waals surface area contributed by atoms with E-state index in [1.807, 2.05) is 13.0 Å². The topological polar surface area (TPSA) is 61.3 Å². The van der Waals surface area contributed by atoms with Crippen LogP contribution < -0.4 is 5.32 Å². The van der Waals surface area contributed by atoms with Crippen molar-refractivity contribution in [1.29, 1.82) is 0 Å². The number of fused-ring (bicyclic) bond motifs is 1. The van der Waals surface area contributed by atoms with Crippen molar-refractivity contribution >= 4 is 5.70 Å². The largest absolute Gasteiger partial charge is 0.390 e. The van der Waals surface area contributed by atoms with Crippen LogP contribution in [0.25, 0.3) is 5.70 Å². The fraction of sp³-hybridized carbons (Fsp3) is 0.368.